The first-order valence-corrected chi connectivity index (χ1v) is 7.16. The first-order chi connectivity index (χ1) is 9.64. The van der Waals surface area contributed by atoms with Crippen LogP contribution in [0.1, 0.15) is 32.1 Å². The second-order valence-electron chi connectivity index (χ2n) is 5.43. The van der Waals surface area contributed by atoms with E-state index in [2.05, 4.69) is 11.4 Å². The minimum atomic E-state index is -1.01. The summed E-state index contributed by atoms with van der Waals surface area (Å²) in [5, 5.41) is 12.1. The van der Waals surface area contributed by atoms with Crippen LogP contribution in [0.5, 0.6) is 0 Å². The van der Waals surface area contributed by atoms with Gasteiger partial charge < -0.3 is 15.0 Å². The van der Waals surface area contributed by atoms with E-state index in [0.29, 0.717) is 39.0 Å². The van der Waals surface area contributed by atoms with Gasteiger partial charge in [0.2, 0.25) is 11.8 Å². The molecule has 0 aromatic rings. The van der Waals surface area contributed by atoms with Crippen LogP contribution in [0, 0.1) is 16.7 Å². The molecule has 2 fully saturated rings. The number of nitrogens with zero attached hydrogens (tertiary/aromatic N) is 2. The molecule has 0 aromatic carbocycles. The van der Waals surface area contributed by atoms with Crippen LogP contribution < -0.4 is 5.32 Å². The van der Waals surface area contributed by atoms with E-state index >= 15 is 0 Å². The molecule has 2 heterocycles. The number of hydrogen-bond donors (Lipinski definition) is 1. The number of piperidine rings is 1. The molecule has 0 saturated carbocycles. The van der Waals surface area contributed by atoms with Crippen LogP contribution in [0.2, 0.25) is 0 Å². The molecule has 6 heteroatoms. The lowest BCUT2D eigenvalue weighted by Gasteiger charge is -2.40. The molecule has 0 aliphatic carbocycles. The highest BCUT2D eigenvalue weighted by molar-refractivity contribution is 5.91. The van der Waals surface area contributed by atoms with Crippen LogP contribution in [0.4, 0.5) is 0 Å². The Labute approximate surface area is 119 Å². The van der Waals surface area contributed by atoms with Gasteiger partial charge in [0.05, 0.1) is 6.07 Å². The molecular weight excluding hydrogens is 258 g/mol. The van der Waals surface area contributed by atoms with Crippen molar-refractivity contribution in [1.29, 1.82) is 5.26 Å². The Morgan fingerprint density at radius 2 is 2.05 bits per heavy atom. The Morgan fingerprint density at radius 3 is 2.65 bits per heavy atom. The molecule has 2 saturated heterocycles. The summed E-state index contributed by atoms with van der Waals surface area (Å²) in [5.41, 5.74) is -1.01. The van der Waals surface area contributed by atoms with Gasteiger partial charge in [-0.05, 0) is 32.1 Å². The second-order valence-corrected chi connectivity index (χ2v) is 5.43. The van der Waals surface area contributed by atoms with Crippen molar-refractivity contribution in [3.05, 3.63) is 0 Å². The summed E-state index contributed by atoms with van der Waals surface area (Å²) in [6, 6.07) is 1.75. The minimum absolute atomic E-state index is 0.141. The van der Waals surface area contributed by atoms with Gasteiger partial charge in [-0.1, -0.05) is 0 Å². The van der Waals surface area contributed by atoms with Crippen LogP contribution >= 0.6 is 0 Å². The van der Waals surface area contributed by atoms with Gasteiger partial charge in [0.1, 0.15) is 11.5 Å². The number of carbonyl (C=O) groups is 2. The molecule has 2 amide bonds. The Morgan fingerprint density at radius 1 is 1.35 bits per heavy atom. The third-order valence-electron chi connectivity index (χ3n) is 4.28. The summed E-state index contributed by atoms with van der Waals surface area (Å²) in [6.45, 7) is 1.41. The van der Waals surface area contributed by atoms with Crippen molar-refractivity contribution >= 4 is 11.8 Å². The summed E-state index contributed by atoms with van der Waals surface area (Å²) in [7, 11) is 1.58. The highest BCUT2D eigenvalue weighted by atomic mass is 16.5. The number of ether oxygens (including phenoxy) is 1. The fourth-order valence-electron chi connectivity index (χ4n) is 2.98. The molecular formula is C14H21N3O3. The highest BCUT2D eigenvalue weighted by Crippen LogP contribution is 2.34. The van der Waals surface area contributed by atoms with E-state index in [-0.39, 0.29) is 11.8 Å². The smallest absolute Gasteiger partial charge is 0.243 e. The number of rotatable bonds is 2. The van der Waals surface area contributed by atoms with Gasteiger partial charge in [0, 0.05) is 26.8 Å². The number of amides is 2. The normalized spacial score (nSPS) is 25.6. The summed E-state index contributed by atoms with van der Waals surface area (Å²) in [4.78, 5) is 26.4. The lowest BCUT2D eigenvalue weighted by atomic mass is 9.79. The number of likely N-dealkylation sites (N-methyl/N-ethyl adjacent to an activating group) is 1. The molecule has 0 aromatic heterocycles. The molecule has 1 atom stereocenters. The van der Waals surface area contributed by atoms with Crippen LogP contribution in [0.25, 0.3) is 0 Å². The zero-order chi connectivity index (χ0) is 14.6. The van der Waals surface area contributed by atoms with Crippen molar-refractivity contribution in [2.24, 2.45) is 5.41 Å². The fraction of sp³-hybridized carbons (Fsp3) is 0.786. The highest BCUT2D eigenvalue weighted by Gasteiger charge is 2.46. The van der Waals surface area contributed by atoms with E-state index in [4.69, 9.17) is 4.74 Å². The molecule has 0 bridgehead atoms. The van der Waals surface area contributed by atoms with Crippen LogP contribution in [0.15, 0.2) is 0 Å². The van der Waals surface area contributed by atoms with E-state index in [0.717, 1.165) is 12.8 Å². The monoisotopic (exact) mass is 279 g/mol. The summed E-state index contributed by atoms with van der Waals surface area (Å²) >= 11 is 0. The Kier molecular flexibility index (Phi) is 4.61. The van der Waals surface area contributed by atoms with Crippen molar-refractivity contribution < 1.29 is 14.3 Å². The first kappa shape index (κ1) is 14.8. The summed E-state index contributed by atoms with van der Waals surface area (Å²) < 4.78 is 5.26. The van der Waals surface area contributed by atoms with Crippen molar-refractivity contribution in [2.45, 2.75) is 38.1 Å². The largest absolute Gasteiger partial charge is 0.381 e. The predicted molar refractivity (Wildman–Crippen MR) is 71.5 cm³/mol. The second kappa shape index (κ2) is 6.23. The SMILES string of the molecule is CNC(=O)C1CCCCN1C(=O)C1(C#N)CCOCC1. The first-order valence-electron chi connectivity index (χ1n) is 7.16. The summed E-state index contributed by atoms with van der Waals surface area (Å²) in [6.07, 6.45) is 3.32. The zero-order valence-electron chi connectivity index (χ0n) is 11.9. The number of carbonyl (C=O) groups excluding carboxylic acids is 2. The average Bonchev–Trinajstić information content (AvgIpc) is 2.54. The van der Waals surface area contributed by atoms with E-state index < -0.39 is 11.5 Å². The average molecular weight is 279 g/mol. The Balaban J connectivity index is 2.20. The molecule has 1 unspecified atom stereocenters. The Bertz CT molecular complexity index is 424. The van der Waals surface area contributed by atoms with E-state index in [9.17, 15) is 14.9 Å². The molecule has 2 rings (SSSR count). The molecule has 1 N–H and O–H groups in total. The fourth-order valence-corrected chi connectivity index (χ4v) is 2.98. The number of likely N-dealkylation sites (tertiary alicyclic amines) is 1. The topological polar surface area (TPSA) is 82.4 Å². The predicted octanol–water partition coefficient (Wildman–Crippen LogP) is 0.434. The maximum Gasteiger partial charge on any atom is 0.243 e. The lowest BCUT2D eigenvalue weighted by molar-refractivity contribution is -0.151. The van der Waals surface area contributed by atoms with E-state index in [1.54, 1.807) is 11.9 Å². The molecule has 110 valence electrons. The van der Waals surface area contributed by atoms with Gasteiger partial charge in [-0.25, -0.2) is 0 Å². The van der Waals surface area contributed by atoms with Crippen molar-refractivity contribution in [3.63, 3.8) is 0 Å². The Hall–Kier alpha value is -1.61. The standard InChI is InChI=1S/C14H21N3O3/c1-16-12(18)11-4-2-3-7-17(11)13(19)14(10-15)5-8-20-9-6-14/h11H,2-9H2,1H3,(H,16,18). The van der Waals surface area contributed by atoms with Crippen molar-refractivity contribution in [3.8, 4) is 6.07 Å². The van der Waals surface area contributed by atoms with Gasteiger partial charge in [0.15, 0.2) is 0 Å². The molecule has 0 spiro atoms. The van der Waals surface area contributed by atoms with Crippen LogP contribution in [0.3, 0.4) is 0 Å². The van der Waals surface area contributed by atoms with Crippen LogP contribution in [-0.2, 0) is 14.3 Å². The summed E-state index contributed by atoms with van der Waals surface area (Å²) in [5.74, 6) is -0.338. The van der Waals surface area contributed by atoms with Crippen LogP contribution in [-0.4, -0.2) is 49.6 Å². The maximum atomic E-state index is 12.8. The van der Waals surface area contributed by atoms with Gasteiger partial charge >= 0.3 is 0 Å². The molecule has 2 aliphatic heterocycles. The third-order valence-corrected chi connectivity index (χ3v) is 4.28. The lowest BCUT2D eigenvalue weighted by Crippen LogP contribution is -2.56. The molecule has 0 radical (unpaired) electrons. The van der Waals surface area contributed by atoms with Gasteiger partial charge in [-0.2, -0.15) is 5.26 Å². The zero-order valence-corrected chi connectivity index (χ0v) is 11.9. The maximum absolute atomic E-state index is 12.8. The minimum Gasteiger partial charge on any atom is -0.381 e. The number of hydrogen-bond acceptors (Lipinski definition) is 4. The van der Waals surface area contributed by atoms with Crippen molar-refractivity contribution in [1.82, 2.24) is 10.2 Å². The van der Waals surface area contributed by atoms with E-state index in [1.807, 2.05) is 0 Å². The van der Waals surface area contributed by atoms with Gasteiger partial charge in [-0.3, -0.25) is 9.59 Å². The molecule has 20 heavy (non-hydrogen) atoms. The van der Waals surface area contributed by atoms with Gasteiger partial charge in [0.25, 0.3) is 0 Å². The molecule has 6 nitrogen and oxygen atoms in total. The number of nitrogens with one attached hydrogen (secondary N) is 1. The van der Waals surface area contributed by atoms with Gasteiger partial charge in [-0.15, -0.1) is 0 Å². The quantitative estimate of drug-likeness (QED) is 0.795. The van der Waals surface area contributed by atoms with Crippen molar-refractivity contribution in [2.75, 3.05) is 26.8 Å². The molecule has 2 aliphatic rings. The third kappa shape index (κ3) is 2.63. The van der Waals surface area contributed by atoms with E-state index in [1.165, 1.54) is 0 Å². The number of nitriles is 1.